The van der Waals surface area contributed by atoms with Gasteiger partial charge < -0.3 is 5.32 Å². The Labute approximate surface area is 55.9 Å². The maximum Gasteiger partial charge on any atom is 0.0656 e. The van der Waals surface area contributed by atoms with Crippen LogP contribution in [0.2, 0.25) is 0 Å². The predicted octanol–water partition coefficient (Wildman–Crippen LogP) is 0.900. The molecule has 0 unspecified atom stereocenters. The molecule has 1 rings (SSSR count). The molecule has 0 aromatic heterocycles. The summed E-state index contributed by atoms with van der Waals surface area (Å²) in [5.41, 5.74) is 0. The molecule has 0 aromatic rings. The molecule has 1 N–H and O–H groups in total. The maximum absolute atomic E-state index is 8.54. The van der Waals surface area contributed by atoms with E-state index in [0.717, 1.165) is 32.4 Å². The van der Waals surface area contributed by atoms with Gasteiger partial charge in [0.2, 0.25) is 0 Å². The first kappa shape index (κ1) is 6.57. The average Bonchev–Trinajstić information content (AvgIpc) is 2.13. The molecule has 9 heavy (non-hydrogen) atoms. The highest BCUT2D eigenvalue weighted by atomic mass is 14.8. The number of hydrogen-bond donors (Lipinski definition) is 1. The van der Waals surface area contributed by atoms with Gasteiger partial charge in [-0.15, -0.1) is 0 Å². The lowest BCUT2D eigenvalue weighted by atomic mass is 10.0. The van der Waals surface area contributed by atoms with Gasteiger partial charge in [0, 0.05) is 5.92 Å². The van der Waals surface area contributed by atoms with Crippen molar-refractivity contribution in [2.45, 2.75) is 19.3 Å². The van der Waals surface area contributed by atoms with Crippen LogP contribution in [-0.2, 0) is 0 Å². The highest BCUT2D eigenvalue weighted by Gasteiger charge is 2.08. The van der Waals surface area contributed by atoms with Crippen molar-refractivity contribution < 1.29 is 0 Å². The highest BCUT2D eigenvalue weighted by Crippen LogP contribution is 2.10. The predicted molar refractivity (Wildman–Crippen MR) is 35.8 cm³/mol. The molecule has 0 saturated carbocycles. The van der Waals surface area contributed by atoms with Gasteiger partial charge >= 0.3 is 0 Å². The van der Waals surface area contributed by atoms with E-state index >= 15 is 0 Å². The molecule has 2 nitrogen and oxygen atoms in total. The lowest BCUT2D eigenvalue weighted by Gasteiger charge is -1.99. The molecule has 0 aromatic carbocycles. The molecule has 1 atom stereocenters. The SMILES string of the molecule is N#C[C@H]1CCCNCC1. The standard InChI is InChI=1S/C7H12N2/c8-6-7-2-1-4-9-5-3-7/h7,9H,1-5H2/t7-/m0/s1. The zero-order chi connectivity index (χ0) is 6.53. The minimum atomic E-state index is 0.319. The van der Waals surface area contributed by atoms with Crippen LogP contribution in [0.5, 0.6) is 0 Å². The zero-order valence-corrected chi connectivity index (χ0v) is 5.56. The Balaban J connectivity index is 2.29. The summed E-state index contributed by atoms with van der Waals surface area (Å²) in [5, 5.41) is 11.8. The van der Waals surface area contributed by atoms with Gasteiger partial charge in [0.05, 0.1) is 6.07 Å². The van der Waals surface area contributed by atoms with Crippen molar-refractivity contribution in [1.29, 1.82) is 5.26 Å². The smallest absolute Gasteiger partial charge is 0.0656 e. The van der Waals surface area contributed by atoms with E-state index in [1.807, 2.05) is 0 Å². The van der Waals surface area contributed by atoms with E-state index < -0.39 is 0 Å². The second-order valence-electron chi connectivity index (χ2n) is 2.51. The van der Waals surface area contributed by atoms with Gasteiger partial charge in [0.15, 0.2) is 0 Å². The van der Waals surface area contributed by atoms with Crippen molar-refractivity contribution >= 4 is 0 Å². The third-order valence-electron chi connectivity index (χ3n) is 1.76. The normalized spacial score (nSPS) is 28.6. The summed E-state index contributed by atoms with van der Waals surface area (Å²) in [6.45, 7) is 2.12. The maximum atomic E-state index is 8.54. The average molecular weight is 124 g/mol. The largest absolute Gasteiger partial charge is 0.317 e. The van der Waals surface area contributed by atoms with Gasteiger partial charge in [-0.1, -0.05) is 0 Å². The third kappa shape index (κ3) is 2.03. The lowest BCUT2D eigenvalue weighted by molar-refractivity contribution is 0.588. The summed E-state index contributed by atoms with van der Waals surface area (Å²) in [6.07, 6.45) is 3.29. The molecule has 0 radical (unpaired) electrons. The summed E-state index contributed by atoms with van der Waals surface area (Å²) in [4.78, 5) is 0. The van der Waals surface area contributed by atoms with Gasteiger partial charge in [0.25, 0.3) is 0 Å². The van der Waals surface area contributed by atoms with Crippen LogP contribution in [0, 0.1) is 17.2 Å². The summed E-state index contributed by atoms with van der Waals surface area (Å²) < 4.78 is 0. The van der Waals surface area contributed by atoms with E-state index in [0.29, 0.717) is 5.92 Å². The Morgan fingerprint density at radius 2 is 2.22 bits per heavy atom. The van der Waals surface area contributed by atoms with Crippen LogP contribution in [0.3, 0.4) is 0 Å². The number of nitrogens with zero attached hydrogens (tertiary/aromatic N) is 1. The first-order valence-corrected chi connectivity index (χ1v) is 3.54. The molecule has 0 bridgehead atoms. The Bertz CT molecular complexity index is 107. The zero-order valence-electron chi connectivity index (χ0n) is 5.56. The van der Waals surface area contributed by atoms with Crippen molar-refractivity contribution in [2.24, 2.45) is 5.92 Å². The second-order valence-corrected chi connectivity index (χ2v) is 2.51. The topological polar surface area (TPSA) is 35.8 Å². The van der Waals surface area contributed by atoms with Gasteiger partial charge in [-0.2, -0.15) is 5.26 Å². The fraction of sp³-hybridized carbons (Fsp3) is 0.857. The molecule has 1 heterocycles. The Hall–Kier alpha value is -0.550. The molecule has 1 fully saturated rings. The molecule has 0 spiro atoms. The first-order chi connectivity index (χ1) is 4.43. The summed E-state index contributed by atoms with van der Waals surface area (Å²) >= 11 is 0. The van der Waals surface area contributed by atoms with Crippen molar-refractivity contribution in [3.05, 3.63) is 0 Å². The van der Waals surface area contributed by atoms with Crippen LogP contribution in [0.1, 0.15) is 19.3 Å². The third-order valence-corrected chi connectivity index (χ3v) is 1.76. The number of nitrogens with one attached hydrogen (secondary N) is 1. The highest BCUT2D eigenvalue weighted by molar-refractivity contribution is 4.84. The quantitative estimate of drug-likeness (QED) is 0.520. The summed E-state index contributed by atoms with van der Waals surface area (Å²) in [5.74, 6) is 0.319. The fourth-order valence-corrected chi connectivity index (χ4v) is 1.15. The Kier molecular flexibility index (Phi) is 2.53. The molecule has 0 aliphatic carbocycles. The molecular weight excluding hydrogens is 112 g/mol. The Morgan fingerprint density at radius 1 is 1.33 bits per heavy atom. The number of hydrogen-bond acceptors (Lipinski definition) is 2. The van der Waals surface area contributed by atoms with Gasteiger partial charge in [-0.3, -0.25) is 0 Å². The van der Waals surface area contributed by atoms with Crippen molar-refractivity contribution in [1.82, 2.24) is 5.32 Å². The first-order valence-electron chi connectivity index (χ1n) is 3.54. The molecule has 1 aliphatic heterocycles. The minimum Gasteiger partial charge on any atom is -0.317 e. The molecular formula is C7H12N2. The van der Waals surface area contributed by atoms with Crippen LogP contribution in [0.15, 0.2) is 0 Å². The molecule has 2 heteroatoms. The van der Waals surface area contributed by atoms with Crippen LogP contribution >= 0.6 is 0 Å². The van der Waals surface area contributed by atoms with Crippen molar-refractivity contribution in [3.63, 3.8) is 0 Å². The van der Waals surface area contributed by atoms with E-state index in [9.17, 15) is 0 Å². The van der Waals surface area contributed by atoms with E-state index in [1.165, 1.54) is 0 Å². The molecule has 1 aliphatic rings. The summed E-state index contributed by atoms with van der Waals surface area (Å²) in [7, 11) is 0. The van der Waals surface area contributed by atoms with Crippen LogP contribution in [0.4, 0.5) is 0 Å². The molecule has 50 valence electrons. The van der Waals surface area contributed by atoms with Crippen LogP contribution < -0.4 is 5.32 Å². The van der Waals surface area contributed by atoms with E-state index in [2.05, 4.69) is 11.4 Å². The van der Waals surface area contributed by atoms with E-state index in [1.54, 1.807) is 0 Å². The minimum absolute atomic E-state index is 0.319. The monoisotopic (exact) mass is 124 g/mol. The molecule has 1 saturated heterocycles. The second kappa shape index (κ2) is 3.47. The van der Waals surface area contributed by atoms with Gasteiger partial charge in [0.1, 0.15) is 0 Å². The van der Waals surface area contributed by atoms with Crippen LogP contribution in [-0.4, -0.2) is 13.1 Å². The van der Waals surface area contributed by atoms with E-state index in [-0.39, 0.29) is 0 Å². The fourth-order valence-electron chi connectivity index (χ4n) is 1.15. The van der Waals surface area contributed by atoms with Crippen molar-refractivity contribution in [2.75, 3.05) is 13.1 Å². The van der Waals surface area contributed by atoms with Gasteiger partial charge in [-0.05, 0) is 32.4 Å². The van der Waals surface area contributed by atoms with E-state index in [4.69, 9.17) is 5.26 Å². The lowest BCUT2D eigenvalue weighted by Crippen LogP contribution is -2.13. The van der Waals surface area contributed by atoms with Crippen LogP contribution in [0.25, 0.3) is 0 Å². The number of rotatable bonds is 0. The Morgan fingerprint density at radius 3 is 3.00 bits per heavy atom. The number of nitriles is 1. The molecule has 0 amide bonds. The summed E-state index contributed by atoms with van der Waals surface area (Å²) in [6, 6.07) is 2.30. The van der Waals surface area contributed by atoms with Gasteiger partial charge in [-0.25, -0.2) is 0 Å². The van der Waals surface area contributed by atoms with Crippen molar-refractivity contribution in [3.8, 4) is 6.07 Å².